The lowest BCUT2D eigenvalue weighted by atomic mass is 10.1. The second-order valence-corrected chi connectivity index (χ2v) is 7.50. The standard InChI is InChI=1S/C19H22N8/c1-10-17-19(26(4)11(2)22-17)23-18(21-10)16-7-15(24-27(16)5)14-6-13(14)12-8-20-25(3)9-12/h7-9,13-14H,6H2,1-5H3. The van der Waals surface area contributed by atoms with Crippen LogP contribution < -0.4 is 0 Å². The molecule has 138 valence electrons. The molecule has 0 saturated heterocycles. The summed E-state index contributed by atoms with van der Waals surface area (Å²) < 4.78 is 5.75. The maximum atomic E-state index is 4.78. The molecule has 0 spiro atoms. The first-order valence-corrected chi connectivity index (χ1v) is 9.13. The molecule has 0 radical (unpaired) electrons. The minimum atomic E-state index is 0.443. The van der Waals surface area contributed by atoms with Gasteiger partial charge in [-0.25, -0.2) is 15.0 Å². The first-order chi connectivity index (χ1) is 12.9. The third-order valence-corrected chi connectivity index (χ3v) is 5.57. The molecule has 5 rings (SSSR count). The van der Waals surface area contributed by atoms with Crippen LogP contribution in [0.4, 0.5) is 0 Å². The van der Waals surface area contributed by atoms with Gasteiger partial charge in [0.05, 0.1) is 17.6 Å². The van der Waals surface area contributed by atoms with Crippen LogP contribution >= 0.6 is 0 Å². The molecule has 27 heavy (non-hydrogen) atoms. The Kier molecular flexibility index (Phi) is 3.28. The lowest BCUT2D eigenvalue weighted by molar-refractivity contribution is 0.742. The predicted octanol–water partition coefficient (Wildman–Crippen LogP) is 2.39. The van der Waals surface area contributed by atoms with E-state index < -0.39 is 0 Å². The molecule has 0 bridgehead atoms. The zero-order valence-corrected chi connectivity index (χ0v) is 16.2. The van der Waals surface area contributed by atoms with E-state index in [1.807, 2.05) is 55.1 Å². The number of aromatic nitrogens is 8. The maximum absolute atomic E-state index is 4.78. The summed E-state index contributed by atoms with van der Waals surface area (Å²) in [6.45, 7) is 3.96. The smallest absolute Gasteiger partial charge is 0.180 e. The quantitative estimate of drug-likeness (QED) is 0.559. The number of fused-ring (bicyclic) bond motifs is 1. The van der Waals surface area contributed by atoms with Gasteiger partial charge in [-0.2, -0.15) is 10.2 Å². The summed E-state index contributed by atoms with van der Waals surface area (Å²) in [6, 6.07) is 2.13. The van der Waals surface area contributed by atoms with Crippen molar-refractivity contribution in [3.8, 4) is 11.5 Å². The summed E-state index contributed by atoms with van der Waals surface area (Å²) in [5.41, 5.74) is 5.93. The molecule has 2 atom stereocenters. The summed E-state index contributed by atoms with van der Waals surface area (Å²) >= 11 is 0. The largest absolute Gasteiger partial charge is 0.316 e. The molecule has 4 aromatic heterocycles. The number of imidazole rings is 1. The van der Waals surface area contributed by atoms with Gasteiger partial charge in [0.15, 0.2) is 11.5 Å². The lowest BCUT2D eigenvalue weighted by Gasteiger charge is -2.03. The summed E-state index contributed by atoms with van der Waals surface area (Å²) in [7, 11) is 5.89. The summed E-state index contributed by atoms with van der Waals surface area (Å²) in [5.74, 6) is 2.58. The molecule has 0 aliphatic heterocycles. The molecule has 0 amide bonds. The highest BCUT2D eigenvalue weighted by Gasteiger charge is 2.42. The van der Waals surface area contributed by atoms with E-state index in [2.05, 4.69) is 22.3 Å². The zero-order chi connectivity index (χ0) is 18.9. The summed E-state index contributed by atoms with van der Waals surface area (Å²) in [5, 5.41) is 9.04. The highest BCUT2D eigenvalue weighted by atomic mass is 15.3. The zero-order valence-electron chi connectivity index (χ0n) is 16.2. The van der Waals surface area contributed by atoms with Gasteiger partial charge < -0.3 is 4.57 Å². The molecule has 0 aromatic carbocycles. The van der Waals surface area contributed by atoms with Crippen molar-refractivity contribution in [1.82, 2.24) is 39.1 Å². The van der Waals surface area contributed by atoms with E-state index in [4.69, 9.17) is 15.1 Å². The Labute approximate surface area is 156 Å². The first kappa shape index (κ1) is 16.2. The molecular weight excluding hydrogens is 340 g/mol. The summed E-state index contributed by atoms with van der Waals surface area (Å²) in [4.78, 5) is 14.0. The van der Waals surface area contributed by atoms with E-state index in [0.29, 0.717) is 17.7 Å². The van der Waals surface area contributed by atoms with E-state index in [1.54, 1.807) is 0 Å². The fourth-order valence-corrected chi connectivity index (χ4v) is 3.82. The molecule has 4 aromatic rings. The van der Waals surface area contributed by atoms with Crippen LogP contribution in [0.15, 0.2) is 18.5 Å². The molecule has 1 saturated carbocycles. The molecule has 0 N–H and O–H groups in total. The van der Waals surface area contributed by atoms with Crippen molar-refractivity contribution in [3.05, 3.63) is 41.2 Å². The molecule has 8 nitrogen and oxygen atoms in total. The average Bonchev–Trinajstić information content (AvgIpc) is 3.01. The monoisotopic (exact) mass is 362 g/mol. The minimum Gasteiger partial charge on any atom is -0.316 e. The van der Waals surface area contributed by atoms with Crippen LogP contribution in [0.2, 0.25) is 0 Å². The first-order valence-electron chi connectivity index (χ1n) is 9.13. The van der Waals surface area contributed by atoms with Crippen molar-refractivity contribution in [2.75, 3.05) is 0 Å². The van der Waals surface area contributed by atoms with Gasteiger partial charge >= 0.3 is 0 Å². The highest BCUT2D eigenvalue weighted by Crippen LogP contribution is 2.54. The molecule has 1 aliphatic carbocycles. The summed E-state index contributed by atoms with van der Waals surface area (Å²) in [6.07, 6.45) is 5.17. The number of aryl methyl sites for hydroxylation is 5. The van der Waals surface area contributed by atoms with E-state index in [1.165, 1.54) is 5.56 Å². The maximum Gasteiger partial charge on any atom is 0.180 e. The van der Waals surface area contributed by atoms with E-state index in [-0.39, 0.29) is 0 Å². The lowest BCUT2D eigenvalue weighted by Crippen LogP contribution is -2.01. The van der Waals surface area contributed by atoms with Crippen LogP contribution in [-0.4, -0.2) is 39.1 Å². The Morgan fingerprint density at radius 2 is 1.85 bits per heavy atom. The van der Waals surface area contributed by atoms with Gasteiger partial charge in [-0.3, -0.25) is 9.36 Å². The van der Waals surface area contributed by atoms with Gasteiger partial charge in [-0.1, -0.05) is 0 Å². The van der Waals surface area contributed by atoms with Gasteiger partial charge in [-0.05, 0) is 37.8 Å². The van der Waals surface area contributed by atoms with Gasteiger partial charge in [0, 0.05) is 33.3 Å². The van der Waals surface area contributed by atoms with Crippen LogP contribution in [0.3, 0.4) is 0 Å². The predicted molar refractivity (Wildman–Crippen MR) is 101 cm³/mol. The number of hydrogen-bond donors (Lipinski definition) is 0. The number of nitrogens with zero attached hydrogens (tertiary/aromatic N) is 8. The topological polar surface area (TPSA) is 79.2 Å². The van der Waals surface area contributed by atoms with Gasteiger partial charge in [0.25, 0.3) is 0 Å². The van der Waals surface area contributed by atoms with Crippen molar-refractivity contribution in [3.63, 3.8) is 0 Å². The van der Waals surface area contributed by atoms with Crippen molar-refractivity contribution < 1.29 is 0 Å². The van der Waals surface area contributed by atoms with E-state index >= 15 is 0 Å². The van der Waals surface area contributed by atoms with Crippen LogP contribution in [0.5, 0.6) is 0 Å². The molecule has 1 aliphatic rings. The normalized spacial score (nSPS) is 19.1. The van der Waals surface area contributed by atoms with Crippen LogP contribution in [0.1, 0.15) is 41.0 Å². The van der Waals surface area contributed by atoms with Gasteiger partial charge in [0.1, 0.15) is 17.0 Å². The van der Waals surface area contributed by atoms with E-state index in [9.17, 15) is 0 Å². The van der Waals surface area contributed by atoms with Gasteiger partial charge in [-0.15, -0.1) is 0 Å². The molecule has 2 unspecified atom stereocenters. The fourth-order valence-electron chi connectivity index (χ4n) is 3.82. The second kappa shape index (κ2) is 5.48. The van der Waals surface area contributed by atoms with Crippen molar-refractivity contribution in [2.24, 2.45) is 21.1 Å². The Balaban J connectivity index is 1.52. The minimum absolute atomic E-state index is 0.443. The number of hydrogen-bond acceptors (Lipinski definition) is 5. The average molecular weight is 362 g/mol. The molecule has 1 fully saturated rings. The van der Waals surface area contributed by atoms with Crippen LogP contribution in [-0.2, 0) is 21.1 Å². The van der Waals surface area contributed by atoms with Crippen molar-refractivity contribution in [1.29, 1.82) is 0 Å². The molecular formula is C19H22N8. The van der Waals surface area contributed by atoms with Crippen molar-refractivity contribution in [2.45, 2.75) is 32.1 Å². The Bertz CT molecular complexity index is 1180. The van der Waals surface area contributed by atoms with Crippen molar-refractivity contribution >= 4 is 11.2 Å². The second-order valence-electron chi connectivity index (χ2n) is 7.50. The van der Waals surface area contributed by atoms with E-state index in [0.717, 1.165) is 40.5 Å². The third kappa shape index (κ3) is 2.47. The Morgan fingerprint density at radius 1 is 1.04 bits per heavy atom. The molecule has 8 heteroatoms. The van der Waals surface area contributed by atoms with Crippen LogP contribution in [0.25, 0.3) is 22.7 Å². The molecule has 4 heterocycles. The van der Waals surface area contributed by atoms with Gasteiger partial charge in [0.2, 0.25) is 0 Å². The Morgan fingerprint density at radius 3 is 2.59 bits per heavy atom. The fraction of sp³-hybridized carbons (Fsp3) is 0.421. The van der Waals surface area contributed by atoms with Crippen LogP contribution in [0, 0.1) is 13.8 Å². The SMILES string of the molecule is Cc1nc(-c2cc(C3CC3c3cnn(C)c3)nn2C)nc2c1nc(C)n2C. The third-order valence-electron chi connectivity index (χ3n) is 5.57. The highest BCUT2D eigenvalue weighted by molar-refractivity contribution is 5.76. The Hall–Kier alpha value is -3.03. The number of rotatable bonds is 3.